The summed E-state index contributed by atoms with van der Waals surface area (Å²) < 4.78 is 0.783. The molecule has 1 aromatic carbocycles. The number of rotatable bonds is 2. The Morgan fingerprint density at radius 1 is 1.44 bits per heavy atom. The third-order valence-electron chi connectivity index (χ3n) is 2.50. The van der Waals surface area contributed by atoms with Crippen molar-refractivity contribution in [3.05, 3.63) is 38.8 Å². The maximum Gasteiger partial charge on any atom is 0.257 e. The number of nitrogens with zero attached hydrogens (tertiary/aromatic N) is 1. The Labute approximate surface area is 117 Å². The number of benzene rings is 1. The van der Waals surface area contributed by atoms with Gasteiger partial charge in [-0.1, -0.05) is 15.9 Å². The third kappa shape index (κ3) is 2.70. The van der Waals surface area contributed by atoms with Crippen LogP contribution in [0.1, 0.15) is 20.8 Å². The third-order valence-corrected chi connectivity index (χ3v) is 3.79. The van der Waals surface area contributed by atoms with Crippen LogP contribution in [0.4, 0.5) is 10.8 Å². The molecule has 0 aliphatic heterocycles. The van der Waals surface area contributed by atoms with Crippen LogP contribution in [0.2, 0.25) is 0 Å². The van der Waals surface area contributed by atoms with Crippen molar-refractivity contribution >= 4 is 44.0 Å². The predicted molar refractivity (Wildman–Crippen MR) is 78.1 cm³/mol. The number of nitrogens with two attached hydrogens (primary N) is 1. The van der Waals surface area contributed by atoms with Crippen molar-refractivity contribution in [2.75, 3.05) is 11.1 Å². The summed E-state index contributed by atoms with van der Waals surface area (Å²) >= 11 is 4.77. The van der Waals surface area contributed by atoms with Crippen molar-refractivity contribution in [2.45, 2.75) is 13.8 Å². The predicted octanol–water partition coefficient (Wildman–Crippen LogP) is 3.36. The van der Waals surface area contributed by atoms with Gasteiger partial charge in [-0.2, -0.15) is 0 Å². The molecule has 0 saturated heterocycles. The smallest absolute Gasteiger partial charge is 0.257 e. The Morgan fingerprint density at radius 3 is 2.78 bits per heavy atom. The van der Waals surface area contributed by atoms with Crippen molar-refractivity contribution in [1.29, 1.82) is 0 Å². The standard InChI is InChI=1S/C12H12BrN3OS/c1-6-5-15-12(18-6)16-11(17)9-3-8(13)4-10(14)7(9)2/h3-5H,14H2,1-2H3,(H,15,16,17). The topological polar surface area (TPSA) is 68.0 Å². The molecule has 1 heterocycles. The number of hydrogen-bond donors (Lipinski definition) is 2. The Morgan fingerprint density at radius 2 is 2.17 bits per heavy atom. The minimum atomic E-state index is -0.199. The number of aromatic nitrogens is 1. The number of carbonyl (C=O) groups is 1. The number of carbonyl (C=O) groups excluding carboxylic acids is 1. The molecule has 3 N–H and O–H groups in total. The molecule has 0 aliphatic carbocycles. The summed E-state index contributed by atoms with van der Waals surface area (Å²) in [5.41, 5.74) is 7.74. The van der Waals surface area contributed by atoms with Crippen molar-refractivity contribution in [3.8, 4) is 0 Å². The lowest BCUT2D eigenvalue weighted by molar-refractivity contribution is 0.102. The summed E-state index contributed by atoms with van der Waals surface area (Å²) in [6.07, 6.45) is 1.72. The fraction of sp³-hybridized carbons (Fsp3) is 0.167. The first-order valence-electron chi connectivity index (χ1n) is 5.27. The Balaban J connectivity index is 2.29. The van der Waals surface area contributed by atoms with Gasteiger partial charge in [-0.3, -0.25) is 10.1 Å². The van der Waals surface area contributed by atoms with E-state index in [1.54, 1.807) is 18.3 Å². The highest BCUT2D eigenvalue weighted by Crippen LogP contribution is 2.24. The monoisotopic (exact) mass is 325 g/mol. The van der Waals surface area contributed by atoms with Gasteiger partial charge in [0.25, 0.3) is 5.91 Å². The van der Waals surface area contributed by atoms with Gasteiger partial charge in [0.2, 0.25) is 0 Å². The fourth-order valence-corrected chi connectivity index (χ4v) is 2.65. The first-order valence-corrected chi connectivity index (χ1v) is 6.87. The second-order valence-corrected chi connectivity index (χ2v) is 6.05. The minimum absolute atomic E-state index is 0.199. The number of halogens is 1. The van der Waals surface area contributed by atoms with Crippen molar-refractivity contribution < 1.29 is 4.79 Å². The summed E-state index contributed by atoms with van der Waals surface area (Å²) in [4.78, 5) is 17.3. The number of aryl methyl sites for hydroxylation is 1. The van der Waals surface area contributed by atoms with E-state index in [0.29, 0.717) is 16.4 Å². The molecule has 0 spiro atoms. The number of anilines is 2. The van der Waals surface area contributed by atoms with Crippen LogP contribution in [0.5, 0.6) is 0 Å². The lowest BCUT2D eigenvalue weighted by Gasteiger charge is -2.08. The summed E-state index contributed by atoms with van der Waals surface area (Å²) in [5.74, 6) is -0.199. The second kappa shape index (κ2) is 5.07. The zero-order valence-corrected chi connectivity index (χ0v) is 12.4. The van der Waals surface area contributed by atoms with Crippen LogP contribution >= 0.6 is 27.3 Å². The van der Waals surface area contributed by atoms with Crippen LogP contribution in [0.3, 0.4) is 0 Å². The first-order chi connectivity index (χ1) is 8.47. The Bertz CT molecular complexity index is 609. The lowest BCUT2D eigenvalue weighted by Crippen LogP contribution is -2.14. The van der Waals surface area contributed by atoms with Gasteiger partial charge in [0.15, 0.2) is 5.13 Å². The SMILES string of the molecule is Cc1cnc(NC(=O)c2cc(Br)cc(N)c2C)s1. The highest BCUT2D eigenvalue weighted by molar-refractivity contribution is 9.10. The molecule has 0 fully saturated rings. The minimum Gasteiger partial charge on any atom is -0.398 e. The van der Waals surface area contributed by atoms with Gasteiger partial charge in [-0.15, -0.1) is 11.3 Å². The molecule has 18 heavy (non-hydrogen) atoms. The second-order valence-electron chi connectivity index (χ2n) is 3.90. The van der Waals surface area contributed by atoms with Crippen molar-refractivity contribution in [1.82, 2.24) is 4.98 Å². The highest BCUT2D eigenvalue weighted by atomic mass is 79.9. The number of hydrogen-bond acceptors (Lipinski definition) is 4. The van der Waals surface area contributed by atoms with E-state index in [2.05, 4.69) is 26.2 Å². The molecule has 0 atom stereocenters. The average Bonchev–Trinajstić information content (AvgIpc) is 2.69. The van der Waals surface area contributed by atoms with E-state index in [0.717, 1.165) is 14.9 Å². The van der Waals surface area contributed by atoms with Crippen LogP contribution in [0.15, 0.2) is 22.8 Å². The molecule has 2 aromatic rings. The largest absolute Gasteiger partial charge is 0.398 e. The molecule has 1 aromatic heterocycles. The number of nitrogen functional groups attached to an aromatic ring is 1. The van der Waals surface area contributed by atoms with Gasteiger partial charge >= 0.3 is 0 Å². The number of thiazole rings is 1. The molecule has 0 saturated carbocycles. The van der Waals surface area contributed by atoms with Crippen LogP contribution in [-0.2, 0) is 0 Å². The normalized spacial score (nSPS) is 10.4. The molecule has 94 valence electrons. The quantitative estimate of drug-likeness (QED) is 0.832. The zero-order valence-electron chi connectivity index (χ0n) is 9.95. The van der Waals surface area contributed by atoms with E-state index in [1.165, 1.54) is 11.3 Å². The van der Waals surface area contributed by atoms with E-state index in [1.807, 2.05) is 13.8 Å². The summed E-state index contributed by atoms with van der Waals surface area (Å²) in [7, 11) is 0. The summed E-state index contributed by atoms with van der Waals surface area (Å²) in [5, 5.41) is 3.36. The summed E-state index contributed by atoms with van der Waals surface area (Å²) in [6.45, 7) is 3.76. The van der Waals surface area contributed by atoms with Crippen molar-refractivity contribution in [2.24, 2.45) is 0 Å². The van der Waals surface area contributed by atoms with Gasteiger partial charge < -0.3 is 5.73 Å². The van der Waals surface area contributed by atoms with E-state index in [-0.39, 0.29) is 5.91 Å². The maximum absolute atomic E-state index is 12.1. The van der Waals surface area contributed by atoms with Crippen LogP contribution in [0.25, 0.3) is 0 Å². The molecule has 0 aliphatic rings. The van der Waals surface area contributed by atoms with Gasteiger partial charge in [0, 0.05) is 26.8 Å². The van der Waals surface area contributed by atoms with E-state index >= 15 is 0 Å². The van der Waals surface area contributed by atoms with Crippen LogP contribution in [0, 0.1) is 13.8 Å². The number of amides is 1. The molecule has 0 radical (unpaired) electrons. The van der Waals surface area contributed by atoms with Gasteiger partial charge in [0.05, 0.1) is 0 Å². The fourth-order valence-electron chi connectivity index (χ4n) is 1.51. The van der Waals surface area contributed by atoms with Crippen LogP contribution < -0.4 is 11.1 Å². The van der Waals surface area contributed by atoms with E-state index in [9.17, 15) is 4.79 Å². The maximum atomic E-state index is 12.1. The Hall–Kier alpha value is -1.40. The lowest BCUT2D eigenvalue weighted by atomic mass is 10.1. The van der Waals surface area contributed by atoms with Crippen molar-refractivity contribution in [3.63, 3.8) is 0 Å². The molecular formula is C12H12BrN3OS. The number of nitrogens with one attached hydrogen (secondary N) is 1. The average molecular weight is 326 g/mol. The molecular weight excluding hydrogens is 314 g/mol. The molecule has 0 bridgehead atoms. The summed E-state index contributed by atoms with van der Waals surface area (Å²) in [6, 6.07) is 3.53. The highest BCUT2D eigenvalue weighted by Gasteiger charge is 2.13. The van der Waals surface area contributed by atoms with Gasteiger partial charge in [0.1, 0.15) is 0 Å². The van der Waals surface area contributed by atoms with E-state index < -0.39 is 0 Å². The molecule has 2 rings (SSSR count). The molecule has 4 nitrogen and oxygen atoms in total. The molecule has 6 heteroatoms. The van der Waals surface area contributed by atoms with Crippen LogP contribution in [-0.4, -0.2) is 10.9 Å². The first kappa shape index (κ1) is 13.0. The zero-order chi connectivity index (χ0) is 13.3. The van der Waals surface area contributed by atoms with Gasteiger partial charge in [-0.05, 0) is 31.5 Å². The van der Waals surface area contributed by atoms with Gasteiger partial charge in [-0.25, -0.2) is 4.98 Å². The van der Waals surface area contributed by atoms with E-state index in [4.69, 9.17) is 5.73 Å². The molecule has 0 unspecified atom stereocenters. The molecule has 1 amide bonds. The Kier molecular flexibility index (Phi) is 3.68.